The molecule has 70 valence electrons. The third-order valence-electron chi connectivity index (χ3n) is 1.96. The number of carbonyl (C=O) groups is 1. The van der Waals surface area contributed by atoms with Gasteiger partial charge in [-0.05, 0) is 26.1 Å². The van der Waals surface area contributed by atoms with Gasteiger partial charge in [0.1, 0.15) is 6.29 Å². The molecule has 13 heavy (non-hydrogen) atoms. The number of hydrogen-bond donors (Lipinski definition) is 0. The van der Waals surface area contributed by atoms with Gasteiger partial charge in [0.2, 0.25) is 0 Å². The molecule has 0 atom stereocenters. The summed E-state index contributed by atoms with van der Waals surface area (Å²) in [4.78, 5) is 12.5. The number of likely N-dealkylation sites (N-methyl/N-ethyl adjacent to an activating group) is 1. The maximum atomic E-state index is 10.4. The highest BCUT2D eigenvalue weighted by Gasteiger charge is 1.94. The molecular formula is C11H15NO. The van der Waals surface area contributed by atoms with Crippen LogP contribution in [0.4, 0.5) is 0 Å². The number of carbonyl (C=O) groups excluding carboxylic acids is 1. The SMILES string of the molecule is CN(C)CCc1ccc(C=O)cc1. The van der Waals surface area contributed by atoms with Crippen LogP contribution in [-0.4, -0.2) is 31.8 Å². The molecule has 0 aromatic heterocycles. The molecule has 0 aliphatic rings. The predicted octanol–water partition coefficient (Wildman–Crippen LogP) is 1.60. The molecule has 0 unspecified atom stereocenters. The minimum Gasteiger partial charge on any atom is -0.309 e. The highest BCUT2D eigenvalue weighted by Crippen LogP contribution is 2.03. The van der Waals surface area contributed by atoms with Crippen LogP contribution < -0.4 is 0 Å². The quantitative estimate of drug-likeness (QED) is 0.651. The molecule has 2 nitrogen and oxygen atoms in total. The number of aldehydes is 1. The van der Waals surface area contributed by atoms with Gasteiger partial charge in [0.15, 0.2) is 0 Å². The Morgan fingerprint density at radius 3 is 2.31 bits per heavy atom. The maximum absolute atomic E-state index is 10.4. The van der Waals surface area contributed by atoms with E-state index < -0.39 is 0 Å². The Kier molecular flexibility index (Phi) is 3.65. The Labute approximate surface area is 79.2 Å². The molecule has 1 rings (SSSR count). The molecule has 0 aliphatic heterocycles. The lowest BCUT2D eigenvalue weighted by atomic mass is 10.1. The summed E-state index contributed by atoms with van der Waals surface area (Å²) in [5, 5.41) is 0. The van der Waals surface area contributed by atoms with Crippen LogP contribution >= 0.6 is 0 Å². The topological polar surface area (TPSA) is 20.3 Å². The summed E-state index contributed by atoms with van der Waals surface area (Å²) in [5.74, 6) is 0. The monoisotopic (exact) mass is 177 g/mol. The second-order valence-electron chi connectivity index (χ2n) is 3.41. The van der Waals surface area contributed by atoms with Gasteiger partial charge in [0.25, 0.3) is 0 Å². The lowest BCUT2D eigenvalue weighted by molar-refractivity contribution is 0.112. The summed E-state index contributed by atoms with van der Waals surface area (Å²) >= 11 is 0. The molecule has 0 radical (unpaired) electrons. The Morgan fingerprint density at radius 2 is 1.85 bits per heavy atom. The molecule has 0 saturated heterocycles. The van der Waals surface area contributed by atoms with Gasteiger partial charge in [0, 0.05) is 12.1 Å². The van der Waals surface area contributed by atoms with E-state index in [1.165, 1.54) is 5.56 Å². The number of hydrogen-bond acceptors (Lipinski definition) is 2. The first-order valence-corrected chi connectivity index (χ1v) is 4.41. The Hall–Kier alpha value is -1.15. The standard InChI is InChI=1S/C11H15NO/c1-12(2)8-7-10-3-5-11(9-13)6-4-10/h3-6,9H,7-8H2,1-2H3. The largest absolute Gasteiger partial charge is 0.309 e. The van der Waals surface area contributed by atoms with Crippen LogP contribution in [0.2, 0.25) is 0 Å². The molecule has 0 aliphatic carbocycles. The predicted molar refractivity (Wildman–Crippen MR) is 54.1 cm³/mol. The Balaban J connectivity index is 2.54. The van der Waals surface area contributed by atoms with Crippen molar-refractivity contribution in [2.45, 2.75) is 6.42 Å². The second kappa shape index (κ2) is 4.77. The molecule has 2 heteroatoms. The summed E-state index contributed by atoms with van der Waals surface area (Å²) in [5.41, 5.74) is 2.02. The summed E-state index contributed by atoms with van der Waals surface area (Å²) in [6, 6.07) is 7.73. The van der Waals surface area contributed by atoms with E-state index in [2.05, 4.69) is 19.0 Å². The van der Waals surface area contributed by atoms with Crippen LogP contribution in [0.1, 0.15) is 15.9 Å². The van der Waals surface area contributed by atoms with Crippen LogP contribution in [-0.2, 0) is 6.42 Å². The first-order valence-electron chi connectivity index (χ1n) is 4.41. The Morgan fingerprint density at radius 1 is 1.23 bits per heavy atom. The summed E-state index contributed by atoms with van der Waals surface area (Å²) in [6.45, 7) is 1.04. The van der Waals surface area contributed by atoms with Crippen molar-refractivity contribution in [1.29, 1.82) is 0 Å². The fourth-order valence-electron chi connectivity index (χ4n) is 1.12. The van der Waals surface area contributed by atoms with E-state index >= 15 is 0 Å². The average molecular weight is 177 g/mol. The van der Waals surface area contributed by atoms with E-state index in [0.717, 1.165) is 24.8 Å². The fraction of sp³-hybridized carbons (Fsp3) is 0.364. The zero-order valence-corrected chi connectivity index (χ0v) is 8.16. The van der Waals surface area contributed by atoms with Gasteiger partial charge in [-0.1, -0.05) is 24.3 Å². The van der Waals surface area contributed by atoms with E-state index in [9.17, 15) is 4.79 Å². The maximum Gasteiger partial charge on any atom is 0.150 e. The molecule has 1 aromatic carbocycles. The summed E-state index contributed by atoms with van der Waals surface area (Å²) < 4.78 is 0. The number of benzene rings is 1. The third kappa shape index (κ3) is 3.38. The molecule has 0 fully saturated rings. The van der Waals surface area contributed by atoms with E-state index in [1.54, 1.807) is 0 Å². The average Bonchev–Trinajstić information content (AvgIpc) is 2.15. The summed E-state index contributed by atoms with van der Waals surface area (Å²) in [7, 11) is 4.11. The molecule has 0 bridgehead atoms. The van der Waals surface area contributed by atoms with E-state index in [0.29, 0.717) is 0 Å². The number of nitrogens with zero attached hydrogens (tertiary/aromatic N) is 1. The van der Waals surface area contributed by atoms with Crippen LogP contribution in [0.3, 0.4) is 0 Å². The highest BCUT2D eigenvalue weighted by molar-refractivity contribution is 5.74. The third-order valence-corrected chi connectivity index (χ3v) is 1.96. The van der Waals surface area contributed by atoms with Crippen molar-refractivity contribution in [3.8, 4) is 0 Å². The Bertz CT molecular complexity index is 264. The van der Waals surface area contributed by atoms with Gasteiger partial charge in [0.05, 0.1) is 0 Å². The van der Waals surface area contributed by atoms with Gasteiger partial charge >= 0.3 is 0 Å². The lowest BCUT2D eigenvalue weighted by Crippen LogP contribution is -2.14. The molecule has 0 spiro atoms. The normalized spacial score (nSPS) is 10.4. The van der Waals surface area contributed by atoms with E-state index in [4.69, 9.17) is 0 Å². The van der Waals surface area contributed by atoms with Crippen molar-refractivity contribution in [2.24, 2.45) is 0 Å². The minimum atomic E-state index is 0.744. The van der Waals surface area contributed by atoms with Crippen LogP contribution in [0.15, 0.2) is 24.3 Å². The van der Waals surface area contributed by atoms with Crippen molar-refractivity contribution < 1.29 is 4.79 Å². The minimum absolute atomic E-state index is 0.744. The molecule has 0 amide bonds. The first kappa shape index (κ1) is 9.93. The van der Waals surface area contributed by atoms with Crippen molar-refractivity contribution >= 4 is 6.29 Å². The first-order chi connectivity index (χ1) is 6.22. The highest BCUT2D eigenvalue weighted by atomic mass is 16.1. The van der Waals surface area contributed by atoms with E-state index in [-0.39, 0.29) is 0 Å². The van der Waals surface area contributed by atoms with Gasteiger partial charge in [-0.25, -0.2) is 0 Å². The van der Waals surface area contributed by atoms with Crippen LogP contribution in [0, 0.1) is 0 Å². The molecule has 0 N–H and O–H groups in total. The van der Waals surface area contributed by atoms with Crippen LogP contribution in [0.25, 0.3) is 0 Å². The number of rotatable bonds is 4. The van der Waals surface area contributed by atoms with Gasteiger partial charge < -0.3 is 4.90 Å². The summed E-state index contributed by atoms with van der Waals surface area (Å²) in [6.07, 6.45) is 1.90. The zero-order valence-electron chi connectivity index (χ0n) is 8.16. The molecular weight excluding hydrogens is 162 g/mol. The zero-order chi connectivity index (χ0) is 9.68. The van der Waals surface area contributed by atoms with E-state index in [1.807, 2.05) is 24.3 Å². The van der Waals surface area contributed by atoms with Crippen molar-refractivity contribution in [3.63, 3.8) is 0 Å². The second-order valence-corrected chi connectivity index (χ2v) is 3.41. The molecule has 0 saturated carbocycles. The van der Waals surface area contributed by atoms with Gasteiger partial charge in [-0.2, -0.15) is 0 Å². The van der Waals surface area contributed by atoms with Gasteiger partial charge in [-0.3, -0.25) is 4.79 Å². The molecule has 0 heterocycles. The van der Waals surface area contributed by atoms with Crippen LogP contribution in [0.5, 0.6) is 0 Å². The molecule has 1 aromatic rings. The van der Waals surface area contributed by atoms with Crippen molar-refractivity contribution in [3.05, 3.63) is 35.4 Å². The van der Waals surface area contributed by atoms with Gasteiger partial charge in [-0.15, -0.1) is 0 Å². The van der Waals surface area contributed by atoms with Crippen molar-refractivity contribution in [2.75, 3.05) is 20.6 Å². The fourth-order valence-corrected chi connectivity index (χ4v) is 1.12. The smallest absolute Gasteiger partial charge is 0.150 e. The van der Waals surface area contributed by atoms with Crippen molar-refractivity contribution in [1.82, 2.24) is 4.90 Å². The lowest BCUT2D eigenvalue weighted by Gasteiger charge is -2.08.